The van der Waals surface area contributed by atoms with E-state index in [9.17, 15) is 0 Å². The normalized spacial score (nSPS) is 11.2. The maximum absolute atomic E-state index is 4.83. The van der Waals surface area contributed by atoms with Gasteiger partial charge in [-0.1, -0.05) is 69.2 Å². The predicted octanol–water partition coefficient (Wildman–Crippen LogP) is 8.12. The molecule has 0 spiro atoms. The number of pyridine rings is 1. The van der Waals surface area contributed by atoms with Crippen LogP contribution in [0.3, 0.4) is 0 Å². The van der Waals surface area contributed by atoms with Gasteiger partial charge in [-0.2, -0.15) is 0 Å². The molecule has 3 nitrogen and oxygen atoms in total. The molecular weight excluding hydrogens is 434 g/mol. The molecule has 34 heavy (non-hydrogen) atoms. The van der Waals surface area contributed by atoms with E-state index in [0.29, 0.717) is 5.92 Å². The summed E-state index contributed by atoms with van der Waals surface area (Å²) in [4.78, 5) is 11.6. The van der Waals surface area contributed by atoms with Crippen LogP contribution in [-0.4, -0.2) is 17.0 Å². The highest BCUT2D eigenvalue weighted by Crippen LogP contribution is 2.28. The lowest BCUT2D eigenvalue weighted by Gasteiger charge is -2.21. The predicted molar refractivity (Wildman–Crippen MR) is 146 cm³/mol. The van der Waals surface area contributed by atoms with Gasteiger partial charge in [-0.3, -0.25) is 4.98 Å². The van der Waals surface area contributed by atoms with Crippen LogP contribution in [0.4, 0.5) is 5.69 Å². The molecule has 0 atom stereocenters. The molecule has 0 aliphatic heterocycles. The van der Waals surface area contributed by atoms with E-state index in [-0.39, 0.29) is 0 Å². The molecule has 2 aromatic carbocycles. The van der Waals surface area contributed by atoms with Gasteiger partial charge < -0.3 is 4.90 Å². The number of benzene rings is 2. The lowest BCUT2D eigenvalue weighted by Crippen LogP contribution is -2.16. The second kappa shape index (κ2) is 11.9. The van der Waals surface area contributed by atoms with Gasteiger partial charge in [0, 0.05) is 48.5 Å². The van der Waals surface area contributed by atoms with Crippen LogP contribution in [-0.2, 0) is 13.0 Å². The first-order chi connectivity index (χ1) is 16.7. The first-order valence-electron chi connectivity index (χ1n) is 12.4. The molecule has 4 heteroatoms. The van der Waals surface area contributed by atoms with Gasteiger partial charge in [-0.25, -0.2) is 4.98 Å². The molecule has 0 saturated carbocycles. The monoisotopic (exact) mass is 469 g/mol. The van der Waals surface area contributed by atoms with Crippen LogP contribution in [0.25, 0.3) is 11.3 Å². The molecule has 0 saturated heterocycles. The summed E-state index contributed by atoms with van der Waals surface area (Å²) in [5.74, 6) is 0.699. The van der Waals surface area contributed by atoms with Crippen molar-refractivity contribution in [3.8, 4) is 11.3 Å². The number of aromatic nitrogens is 2. The Labute approximate surface area is 208 Å². The zero-order chi connectivity index (χ0) is 23.8. The molecule has 0 aliphatic carbocycles. The van der Waals surface area contributed by atoms with Crippen molar-refractivity contribution in [2.24, 2.45) is 0 Å². The van der Waals surface area contributed by atoms with Crippen LogP contribution < -0.4 is 4.90 Å². The minimum atomic E-state index is 0.699. The number of nitrogens with zero attached hydrogens (tertiary/aromatic N) is 3. The van der Waals surface area contributed by atoms with Crippen molar-refractivity contribution in [3.63, 3.8) is 0 Å². The number of hydrogen-bond donors (Lipinski definition) is 0. The average molecular weight is 470 g/mol. The van der Waals surface area contributed by atoms with E-state index in [1.807, 2.05) is 24.4 Å². The van der Waals surface area contributed by atoms with Crippen molar-refractivity contribution < 1.29 is 0 Å². The summed E-state index contributed by atoms with van der Waals surface area (Å²) in [7, 11) is 2.16. The van der Waals surface area contributed by atoms with E-state index < -0.39 is 0 Å². The van der Waals surface area contributed by atoms with E-state index in [2.05, 4.69) is 84.7 Å². The molecule has 2 aromatic heterocycles. The molecule has 0 fully saturated rings. The van der Waals surface area contributed by atoms with Crippen molar-refractivity contribution >= 4 is 17.0 Å². The quantitative estimate of drug-likeness (QED) is 0.222. The Kier molecular flexibility index (Phi) is 8.48. The van der Waals surface area contributed by atoms with Crippen LogP contribution in [0.1, 0.15) is 67.3 Å². The van der Waals surface area contributed by atoms with Gasteiger partial charge in [0.15, 0.2) is 0 Å². The van der Waals surface area contributed by atoms with Gasteiger partial charge in [0.1, 0.15) is 0 Å². The SMILES string of the molecule is CCCC(CCC)c1ccc(CN(C)c2ccc(-c3csc(Cc4ccccn4)n3)cc2)cc1. The van der Waals surface area contributed by atoms with E-state index in [1.165, 1.54) is 42.5 Å². The van der Waals surface area contributed by atoms with Crippen LogP contribution in [0.5, 0.6) is 0 Å². The van der Waals surface area contributed by atoms with Gasteiger partial charge in [0.2, 0.25) is 0 Å². The Balaban J connectivity index is 1.37. The molecule has 0 aliphatic rings. The molecule has 176 valence electrons. The summed E-state index contributed by atoms with van der Waals surface area (Å²) in [6, 6.07) is 24.0. The summed E-state index contributed by atoms with van der Waals surface area (Å²) < 4.78 is 0. The van der Waals surface area contributed by atoms with Crippen LogP contribution in [0.2, 0.25) is 0 Å². The molecule has 0 radical (unpaired) electrons. The third-order valence-corrected chi connectivity index (χ3v) is 7.21. The Morgan fingerprint density at radius 3 is 2.26 bits per heavy atom. The fourth-order valence-electron chi connectivity index (χ4n) is 4.50. The summed E-state index contributed by atoms with van der Waals surface area (Å²) in [6.07, 6.45) is 7.67. The van der Waals surface area contributed by atoms with Crippen LogP contribution in [0, 0.1) is 0 Å². The fraction of sp³-hybridized carbons (Fsp3) is 0.333. The minimum Gasteiger partial charge on any atom is -0.370 e. The second-order valence-electron chi connectivity index (χ2n) is 9.04. The third-order valence-electron chi connectivity index (χ3n) is 6.36. The fourth-order valence-corrected chi connectivity index (χ4v) is 5.32. The number of hydrogen-bond acceptors (Lipinski definition) is 4. The van der Waals surface area contributed by atoms with E-state index in [0.717, 1.165) is 34.9 Å². The molecule has 2 heterocycles. The van der Waals surface area contributed by atoms with Crippen molar-refractivity contribution in [1.82, 2.24) is 9.97 Å². The minimum absolute atomic E-state index is 0.699. The maximum Gasteiger partial charge on any atom is 0.0992 e. The van der Waals surface area contributed by atoms with Crippen molar-refractivity contribution in [2.75, 3.05) is 11.9 Å². The van der Waals surface area contributed by atoms with Gasteiger partial charge in [-0.15, -0.1) is 11.3 Å². The van der Waals surface area contributed by atoms with Gasteiger partial charge in [0.25, 0.3) is 0 Å². The Morgan fingerprint density at radius 2 is 1.62 bits per heavy atom. The summed E-state index contributed by atoms with van der Waals surface area (Å²) in [5.41, 5.74) is 7.30. The van der Waals surface area contributed by atoms with E-state index >= 15 is 0 Å². The Bertz CT molecular complexity index is 1130. The Morgan fingerprint density at radius 1 is 0.882 bits per heavy atom. The molecule has 0 bridgehead atoms. The summed E-state index contributed by atoms with van der Waals surface area (Å²) in [5, 5.41) is 3.24. The summed E-state index contributed by atoms with van der Waals surface area (Å²) >= 11 is 1.70. The number of anilines is 1. The zero-order valence-corrected chi connectivity index (χ0v) is 21.4. The topological polar surface area (TPSA) is 29.0 Å². The van der Waals surface area contributed by atoms with Crippen molar-refractivity contribution in [2.45, 2.75) is 58.4 Å². The lowest BCUT2D eigenvalue weighted by atomic mass is 9.90. The smallest absolute Gasteiger partial charge is 0.0992 e. The highest BCUT2D eigenvalue weighted by molar-refractivity contribution is 7.10. The van der Waals surface area contributed by atoms with Gasteiger partial charge in [-0.05, 0) is 54.2 Å². The van der Waals surface area contributed by atoms with Crippen molar-refractivity contribution in [3.05, 3.63) is 100 Å². The summed E-state index contributed by atoms with van der Waals surface area (Å²) in [6.45, 7) is 5.47. The number of rotatable bonds is 11. The van der Waals surface area contributed by atoms with Crippen LogP contribution >= 0.6 is 11.3 Å². The number of thiazole rings is 1. The van der Waals surface area contributed by atoms with Gasteiger partial charge in [0.05, 0.1) is 10.7 Å². The molecule has 0 amide bonds. The van der Waals surface area contributed by atoms with Gasteiger partial charge >= 0.3 is 0 Å². The molecular formula is C30H35N3S. The first kappa shape index (κ1) is 24.2. The standard InChI is InChI=1S/C30H35N3S/c1-4-8-24(9-5-2)25-13-11-23(12-14-25)21-33(3)28-17-15-26(16-18-28)29-22-34-30(32-29)20-27-10-6-7-19-31-27/h6-7,10-19,22,24H,4-5,8-9,20-21H2,1-3H3. The molecule has 0 unspecified atom stereocenters. The molecule has 4 aromatic rings. The highest BCUT2D eigenvalue weighted by atomic mass is 32.1. The average Bonchev–Trinajstić information content (AvgIpc) is 3.33. The van der Waals surface area contributed by atoms with Crippen molar-refractivity contribution in [1.29, 1.82) is 0 Å². The van der Waals surface area contributed by atoms with E-state index in [1.54, 1.807) is 11.3 Å². The zero-order valence-electron chi connectivity index (χ0n) is 20.6. The molecule has 0 N–H and O–H groups in total. The van der Waals surface area contributed by atoms with E-state index in [4.69, 9.17) is 4.98 Å². The maximum atomic E-state index is 4.83. The third kappa shape index (κ3) is 6.32. The van der Waals surface area contributed by atoms with Crippen LogP contribution in [0.15, 0.2) is 78.3 Å². The Hall–Kier alpha value is -2.98. The lowest BCUT2D eigenvalue weighted by molar-refractivity contribution is 0.561. The largest absolute Gasteiger partial charge is 0.370 e. The second-order valence-corrected chi connectivity index (χ2v) is 9.99. The highest BCUT2D eigenvalue weighted by Gasteiger charge is 2.11. The first-order valence-corrected chi connectivity index (χ1v) is 13.3. The molecule has 4 rings (SSSR count).